The molecule has 0 atom stereocenters. The molecule has 0 radical (unpaired) electrons. The first-order valence-corrected chi connectivity index (χ1v) is 13.9. The van der Waals surface area contributed by atoms with E-state index in [-0.39, 0.29) is 16.8 Å². The number of rotatable bonds is 8. The average molecular weight is 585 g/mol. The van der Waals surface area contributed by atoms with E-state index in [1.807, 2.05) is 0 Å². The molecule has 5 rings (SSSR count). The number of hydrogen-bond acceptors (Lipinski definition) is 8. The van der Waals surface area contributed by atoms with Crippen LogP contribution in [0.4, 0.5) is 18.3 Å². The highest BCUT2D eigenvalue weighted by Gasteiger charge is 2.41. The number of fused-ring (bicyclic) bond motifs is 1. The Kier molecular flexibility index (Phi) is 8.18. The van der Waals surface area contributed by atoms with Gasteiger partial charge in [-0.15, -0.1) is 0 Å². The van der Waals surface area contributed by atoms with Crippen molar-refractivity contribution >= 4 is 44.4 Å². The Morgan fingerprint density at radius 1 is 1.13 bits per heavy atom. The normalized spacial score (nSPS) is 18.4. The van der Waals surface area contributed by atoms with Crippen LogP contribution in [-0.4, -0.2) is 77.5 Å². The lowest BCUT2D eigenvalue weighted by Crippen LogP contribution is -2.59. The van der Waals surface area contributed by atoms with Gasteiger partial charge in [0.1, 0.15) is 21.8 Å². The summed E-state index contributed by atoms with van der Waals surface area (Å²) in [4.78, 5) is 24.3. The summed E-state index contributed by atoms with van der Waals surface area (Å²) in [5.41, 5.74) is 0.0158. The number of piperidine rings is 1. The zero-order chi connectivity index (χ0) is 27.6. The Labute approximate surface area is 232 Å². The molecule has 1 aromatic carbocycles. The molecule has 3 aromatic rings. The quantitative estimate of drug-likeness (QED) is 0.390. The first kappa shape index (κ1) is 27.9. The smallest absolute Gasteiger partial charge is 0.433 e. The monoisotopic (exact) mass is 584 g/mol. The SMILES string of the molecule is O=C(O)Cc1ccc(Cl)c(OCCC2(N3CCOCC3)CCN(c3nc4ccc(C(F)(F)F)nc4s3)CC2)c1. The van der Waals surface area contributed by atoms with Gasteiger partial charge in [-0.05, 0) is 49.1 Å². The fourth-order valence-electron chi connectivity index (χ4n) is 5.27. The fraction of sp³-hybridized carbons (Fsp3) is 0.500. The molecule has 2 saturated heterocycles. The van der Waals surface area contributed by atoms with Crippen LogP contribution >= 0.6 is 22.9 Å². The number of carbonyl (C=O) groups is 1. The maximum atomic E-state index is 13.1. The number of carboxylic acids is 1. The topological polar surface area (TPSA) is 88.0 Å². The van der Waals surface area contributed by atoms with E-state index in [9.17, 15) is 18.0 Å². The number of hydrogen-bond donors (Lipinski definition) is 1. The number of pyridine rings is 1. The molecule has 0 bridgehead atoms. The number of aliphatic carboxylic acids is 1. The molecule has 8 nitrogen and oxygen atoms in total. The second kappa shape index (κ2) is 11.4. The van der Waals surface area contributed by atoms with Gasteiger partial charge in [-0.2, -0.15) is 13.2 Å². The number of morpholine rings is 1. The van der Waals surface area contributed by atoms with Gasteiger partial charge in [0.05, 0.1) is 31.3 Å². The van der Waals surface area contributed by atoms with E-state index in [4.69, 9.17) is 26.2 Å². The maximum absolute atomic E-state index is 13.1. The van der Waals surface area contributed by atoms with Crippen molar-refractivity contribution in [2.45, 2.75) is 37.4 Å². The first-order chi connectivity index (χ1) is 18.6. The van der Waals surface area contributed by atoms with E-state index >= 15 is 0 Å². The standard InChI is InChI=1S/C26H28ClF3N4O4S/c27-18-2-1-17(16-22(35)36)15-20(18)38-12-7-25(34-10-13-37-14-11-34)5-8-33(9-6-25)24-31-19-3-4-21(26(28,29)30)32-23(19)39-24/h1-4,15H,5-14,16H2,(H,35,36). The highest BCUT2D eigenvalue weighted by Crippen LogP contribution is 2.38. The van der Waals surface area contributed by atoms with E-state index in [1.54, 1.807) is 18.2 Å². The van der Waals surface area contributed by atoms with Gasteiger partial charge in [0.25, 0.3) is 0 Å². The van der Waals surface area contributed by atoms with Crippen molar-refractivity contribution in [1.82, 2.24) is 14.9 Å². The van der Waals surface area contributed by atoms with E-state index in [2.05, 4.69) is 19.8 Å². The molecular weight excluding hydrogens is 557 g/mol. The van der Waals surface area contributed by atoms with Gasteiger partial charge < -0.3 is 19.5 Å². The Hall–Kier alpha value is -2.67. The summed E-state index contributed by atoms with van der Waals surface area (Å²) in [5, 5.41) is 10.2. The van der Waals surface area contributed by atoms with E-state index in [1.165, 1.54) is 17.4 Å². The predicted molar refractivity (Wildman–Crippen MR) is 142 cm³/mol. The molecule has 1 N–H and O–H groups in total. The van der Waals surface area contributed by atoms with Crippen molar-refractivity contribution in [3.63, 3.8) is 0 Å². The minimum absolute atomic E-state index is 0.111. The van der Waals surface area contributed by atoms with Crippen molar-refractivity contribution in [1.29, 1.82) is 0 Å². The lowest BCUT2D eigenvalue weighted by molar-refractivity contribution is -0.141. The summed E-state index contributed by atoms with van der Waals surface area (Å²) in [5.74, 6) is -0.462. The number of anilines is 1. The van der Waals surface area contributed by atoms with Crippen LogP contribution in [0.25, 0.3) is 10.3 Å². The molecular formula is C26H28ClF3N4O4S. The summed E-state index contributed by atoms with van der Waals surface area (Å²) < 4.78 is 50.9. The Balaban J connectivity index is 1.28. The Bertz CT molecular complexity index is 1320. The second-order valence-corrected chi connectivity index (χ2v) is 11.1. The number of nitrogens with zero attached hydrogens (tertiary/aromatic N) is 4. The third-order valence-corrected chi connectivity index (χ3v) is 8.70. The number of ether oxygens (including phenoxy) is 2. The lowest BCUT2D eigenvalue weighted by atomic mass is 9.82. The van der Waals surface area contributed by atoms with Gasteiger partial charge in [0.2, 0.25) is 0 Å². The number of carboxylic acid groups (broad SMARTS) is 1. The van der Waals surface area contributed by atoms with Crippen LogP contribution in [0.2, 0.25) is 5.02 Å². The largest absolute Gasteiger partial charge is 0.492 e. The highest BCUT2D eigenvalue weighted by molar-refractivity contribution is 7.21. The zero-order valence-electron chi connectivity index (χ0n) is 21.0. The zero-order valence-corrected chi connectivity index (χ0v) is 22.6. The van der Waals surface area contributed by atoms with E-state index < -0.39 is 17.8 Å². The van der Waals surface area contributed by atoms with Crippen molar-refractivity contribution in [2.75, 3.05) is 50.9 Å². The molecule has 210 valence electrons. The van der Waals surface area contributed by atoms with Gasteiger partial charge >= 0.3 is 12.1 Å². The highest BCUT2D eigenvalue weighted by atomic mass is 35.5. The molecule has 13 heteroatoms. The van der Waals surface area contributed by atoms with Crippen molar-refractivity contribution < 1.29 is 32.5 Å². The van der Waals surface area contributed by atoms with Gasteiger partial charge in [-0.3, -0.25) is 9.69 Å². The number of thiazole rings is 1. The summed E-state index contributed by atoms with van der Waals surface area (Å²) in [7, 11) is 0. The average Bonchev–Trinajstić information content (AvgIpc) is 3.34. The van der Waals surface area contributed by atoms with Crippen LogP contribution < -0.4 is 9.64 Å². The summed E-state index contributed by atoms with van der Waals surface area (Å²) in [6.45, 7) is 4.70. The van der Waals surface area contributed by atoms with Crippen molar-refractivity contribution in [3.8, 4) is 5.75 Å². The van der Waals surface area contributed by atoms with Crippen LogP contribution in [0.15, 0.2) is 30.3 Å². The molecule has 2 aliphatic rings. The van der Waals surface area contributed by atoms with Gasteiger partial charge in [-0.25, -0.2) is 9.97 Å². The molecule has 0 saturated carbocycles. The minimum atomic E-state index is -4.49. The van der Waals surface area contributed by atoms with Crippen LogP contribution in [0, 0.1) is 0 Å². The summed E-state index contributed by atoms with van der Waals surface area (Å²) >= 11 is 7.49. The van der Waals surface area contributed by atoms with Gasteiger partial charge in [-0.1, -0.05) is 29.0 Å². The Morgan fingerprint density at radius 3 is 2.56 bits per heavy atom. The molecule has 0 amide bonds. The fourth-order valence-corrected chi connectivity index (χ4v) is 6.43. The van der Waals surface area contributed by atoms with Crippen molar-refractivity contribution in [2.24, 2.45) is 0 Å². The van der Waals surface area contributed by atoms with Gasteiger partial charge in [0, 0.05) is 31.7 Å². The van der Waals surface area contributed by atoms with E-state index in [0.29, 0.717) is 59.9 Å². The number of alkyl halides is 3. The third kappa shape index (κ3) is 6.40. The summed E-state index contributed by atoms with van der Waals surface area (Å²) in [6, 6.07) is 7.34. The van der Waals surface area contributed by atoms with Crippen LogP contribution in [-0.2, 0) is 22.1 Å². The maximum Gasteiger partial charge on any atom is 0.433 e. The van der Waals surface area contributed by atoms with Crippen LogP contribution in [0.1, 0.15) is 30.5 Å². The Morgan fingerprint density at radius 2 is 1.87 bits per heavy atom. The number of aromatic nitrogens is 2. The molecule has 0 unspecified atom stereocenters. The number of halogens is 4. The molecule has 0 aliphatic carbocycles. The van der Waals surface area contributed by atoms with E-state index in [0.717, 1.165) is 38.4 Å². The summed E-state index contributed by atoms with van der Waals surface area (Å²) in [6.07, 6.45) is -2.23. The van der Waals surface area contributed by atoms with Gasteiger partial charge in [0.15, 0.2) is 5.13 Å². The van der Waals surface area contributed by atoms with Crippen LogP contribution in [0.5, 0.6) is 5.75 Å². The number of benzene rings is 1. The molecule has 2 aliphatic heterocycles. The van der Waals surface area contributed by atoms with Crippen LogP contribution in [0.3, 0.4) is 0 Å². The van der Waals surface area contributed by atoms with Crippen molar-refractivity contribution in [3.05, 3.63) is 46.6 Å². The predicted octanol–water partition coefficient (Wildman–Crippen LogP) is 5.13. The molecule has 2 fully saturated rings. The minimum Gasteiger partial charge on any atom is -0.492 e. The molecule has 0 spiro atoms. The first-order valence-electron chi connectivity index (χ1n) is 12.7. The molecule has 39 heavy (non-hydrogen) atoms. The molecule has 2 aromatic heterocycles. The lowest BCUT2D eigenvalue weighted by Gasteiger charge is -2.50. The third-order valence-electron chi connectivity index (χ3n) is 7.36. The molecule has 4 heterocycles. The second-order valence-electron chi connectivity index (χ2n) is 9.76.